The van der Waals surface area contributed by atoms with Crippen LogP contribution in [0.3, 0.4) is 0 Å². The predicted molar refractivity (Wildman–Crippen MR) is 160 cm³/mol. The number of benzene rings is 5. The van der Waals surface area contributed by atoms with Gasteiger partial charge in [0.15, 0.2) is 0 Å². The summed E-state index contributed by atoms with van der Waals surface area (Å²) in [5, 5.41) is 8.53. The maximum Gasteiger partial charge on any atom is 0.225 e. The molecule has 0 aliphatic carbocycles. The Balaban J connectivity index is 1.47. The molecule has 0 unspecified atom stereocenters. The van der Waals surface area contributed by atoms with Gasteiger partial charge in [0.05, 0.1) is 15.7 Å². The van der Waals surface area contributed by atoms with Gasteiger partial charge in [-0.2, -0.15) is 0 Å². The molecular formula is C33H22N4S. The second kappa shape index (κ2) is 8.40. The number of rotatable bonds is 3. The summed E-state index contributed by atoms with van der Waals surface area (Å²) in [6.45, 7) is 0. The van der Waals surface area contributed by atoms with Crippen LogP contribution in [0.4, 0.5) is 0 Å². The summed E-state index contributed by atoms with van der Waals surface area (Å²) in [6, 6.07) is 42.4. The van der Waals surface area contributed by atoms with Crippen LogP contribution in [0, 0.1) is 0 Å². The van der Waals surface area contributed by atoms with Gasteiger partial charge >= 0.3 is 0 Å². The van der Waals surface area contributed by atoms with E-state index in [1.165, 1.54) is 36.5 Å². The van der Waals surface area contributed by atoms with Crippen molar-refractivity contribution >= 4 is 65.0 Å². The average Bonchev–Trinajstić information content (AvgIpc) is 3.54. The number of thiophene rings is 1. The molecule has 0 atom stereocenters. The molecule has 0 fully saturated rings. The van der Waals surface area contributed by atoms with Crippen LogP contribution in [0.15, 0.2) is 131 Å². The lowest BCUT2D eigenvalue weighted by molar-refractivity contribution is 0.576. The zero-order valence-electron chi connectivity index (χ0n) is 20.4. The third kappa shape index (κ3) is 3.22. The molecule has 0 saturated carbocycles. The van der Waals surface area contributed by atoms with Gasteiger partial charge in [-0.05, 0) is 12.1 Å². The third-order valence-electron chi connectivity index (χ3n) is 7.27. The van der Waals surface area contributed by atoms with Crippen molar-refractivity contribution in [3.8, 4) is 0 Å². The first-order chi connectivity index (χ1) is 18.8. The Kier molecular flexibility index (Phi) is 4.72. The Morgan fingerprint density at radius 2 is 1.13 bits per heavy atom. The van der Waals surface area contributed by atoms with Crippen LogP contribution in [0.25, 0.3) is 42.0 Å². The number of fused-ring (bicyclic) bond motifs is 7. The van der Waals surface area contributed by atoms with E-state index in [1.54, 1.807) is 0 Å². The minimum Gasteiger partial charge on any atom is -0.324 e. The third-order valence-corrected chi connectivity index (χ3v) is 8.46. The average molecular weight is 507 g/mol. The molecule has 38 heavy (non-hydrogen) atoms. The van der Waals surface area contributed by atoms with Gasteiger partial charge in [-0.1, -0.05) is 109 Å². The summed E-state index contributed by atoms with van der Waals surface area (Å²) in [6.07, 6.45) is -0.458. The molecule has 5 heteroatoms. The van der Waals surface area contributed by atoms with Gasteiger partial charge < -0.3 is 5.32 Å². The quantitative estimate of drug-likeness (QED) is 0.258. The van der Waals surface area contributed by atoms with Crippen LogP contribution < -0.4 is 5.32 Å². The Morgan fingerprint density at radius 1 is 0.553 bits per heavy atom. The van der Waals surface area contributed by atoms with E-state index in [9.17, 15) is 0 Å². The van der Waals surface area contributed by atoms with Crippen LogP contribution in [-0.4, -0.2) is 16.2 Å². The van der Waals surface area contributed by atoms with Crippen molar-refractivity contribution in [1.82, 2.24) is 9.88 Å². The molecule has 2 aromatic heterocycles. The zero-order valence-corrected chi connectivity index (χ0v) is 21.2. The molecule has 4 nitrogen and oxygen atoms in total. The monoisotopic (exact) mass is 506 g/mol. The molecule has 180 valence electrons. The van der Waals surface area contributed by atoms with Crippen molar-refractivity contribution in [3.63, 3.8) is 0 Å². The smallest absolute Gasteiger partial charge is 0.225 e. The predicted octanol–water partition coefficient (Wildman–Crippen LogP) is 8.12. The lowest BCUT2D eigenvalue weighted by Gasteiger charge is -2.24. The molecule has 7 aromatic rings. The summed E-state index contributed by atoms with van der Waals surface area (Å²) in [5.41, 5.74) is 4.39. The molecular weight excluding hydrogens is 484 g/mol. The zero-order chi connectivity index (χ0) is 25.1. The van der Waals surface area contributed by atoms with Gasteiger partial charge in [0.2, 0.25) is 6.29 Å². The first kappa shape index (κ1) is 21.4. The number of nitrogens with one attached hydrogen (secondary N) is 1. The lowest BCUT2D eigenvalue weighted by Crippen LogP contribution is -2.36. The first-order valence-electron chi connectivity index (χ1n) is 12.7. The van der Waals surface area contributed by atoms with Gasteiger partial charge in [-0.15, -0.1) is 11.3 Å². The van der Waals surface area contributed by atoms with Crippen molar-refractivity contribution in [2.24, 2.45) is 9.98 Å². The van der Waals surface area contributed by atoms with E-state index in [0.29, 0.717) is 0 Å². The van der Waals surface area contributed by atoms with Crippen LogP contribution in [0.2, 0.25) is 0 Å². The Labute approximate surface area is 223 Å². The summed E-state index contributed by atoms with van der Waals surface area (Å²) < 4.78 is 4.89. The van der Waals surface area contributed by atoms with Gasteiger partial charge in [0.1, 0.15) is 11.7 Å². The number of amidine groups is 2. The van der Waals surface area contributed by atoms with E-state index in [-0.39, 0.29) is 0 Å². The van der Waals surface area contributed by atoms with Crippen molar-refractivity contribution in [1.29, 1.82) is 0 Å². The molecule has 1 N–H and O–H groups in total. The van der Waals surface area contributed by atoms with E-state index in [4.69, 9.17) is 9.98 Å². The van der Waals surface area contributed by atoms with Crippen molar-refractivity contribution in [3.05, 3.63) is 132 Å². The number of nitrogens with zero attached hydrogens (tertiary/aromatic N) is 3. The van der Waals surface area contributed by atoms with Crippen LogP contribution in [-0.2, 0) is 0 Å². The van der Waals surface area contributed by atoms with E-state index >= 15 is 0 Å². The van der Waals surface area contributed by atoms with Crippen molar-refractivity contribution < 1.29 is 0 Å². The van der Waals surface area contributed by atoms with Gasteiger partial charge in [0, 0.05) is 37.4 Å². The second-order valence-corrected chi connectivity index (χ2v) is 10.5. The summed E-state index contributed by atoms with van der Waals surface area (Å²) in [5.74, 6) is 1.64. The SMILES string of the molecule is c1ccc(C2=NC(n3c4ccccc4c4ccc5c6ccccc6sc5c43)N=C(c3ccccc3)N2)cc1. The summed E-state index contributed by atoms with van der Waals surface area (Å²) in [7, 11) is 0. The molecule has 0 radical (unpaired) electrons. The maximum absolute atomic E-state index is 5.22. The number of hydrogen-bond acceptors (Lipinski definition) is 4. The minimum absolute atomic E-state index is 0.458. The molecule has 1 aliphatic rings. The number of para-hydroxylation sites is 1. The number of aromatic nitrogens is 1. The van der Waals surface area contributed by atoms with Crippen LogP contribution >= 0.6 is 11.3 Å². The van der Waals surface area contributed by atoms with E-state index < -0.39 is 6.29 Å². The first-order valence-corrected chi connectivity index (χ1v) is 13.5. The number of aliphatic imine (C=N–C) groups is 2. The van der Waals surface area contributed by atoms with E-state index in [0.717, 1.165) is 28.3 Å². The fourth-order valence-corrected chi connectivity index (χ4v) is 6.79. The topological polar surface area (TPSA) is 41.7 Å². The molecule has 0 amide bonds. The molecule has 1 aliphatic heterocycles. The van der Waals surface area contributed by atoms with Crippen LogP contribution in [0.1, 0.15) is 17.4 Å². The lowest BCUT2D eigenvalue weighted by atomic mass is 10.1. The highest BCUT2D eigenvalue weighted by Crippen LogP contribution is 2.43. The van der Waals surface area contributed by atoms with Gasteiger partial charge in [0.25, 0.3) is 0 Å². The highest BCUT2D eigenvalue weighted by molar-refractivity contribution is 7.26. The fraction of sp³-hybridized carbons (Fsp3) is 0.0303. The molecule has 8 rings (SSSR count). The molecule has 0 spiro atoms. The standard InChI is InChI=1S/C33H22N4S/c1-3-11-21(12-4-1)31-34-32(22-13-5-2-6-14-22)36-33(35-31)37-27-17-9-7-15-23(27)25-19-20-26-24-16-8-10-18-28(24)38-30(26)29(25)37/h1-20,33H,(H,34,35,36). The highest BCUT2D eigenvalue weighted by Gasteiger charge is 2.25. The normalized spacial score (nSPS) is 14.2. The van der Waals surface area contributed by atoms with Crippen molar-refractivity contribution in [2.45, 2.75) is 6.29 Å². The van der Waals surface area contributed by atoms with Gasteiger partial charge in [-0.3, -0.25) is 4.57 Å². The fourth-order valence-electron chi connectivity index (χ4n) is 5.54. The second-order valence-electron chi connectivity index (χ2n) is 9.48. The number of hydrogen-bond donors (Lipinski definition) is 1. The summed E-state index contributed by atoms with van der Waals surface area (Å²) >= 11 is 1.85. The molecule has 0 bridgehead atoms. The molecule has 3 heterocycles. The van der Waals surface area contributed by atoms with Gasteiger partial charge in [-0.25, -0.2) is 9.98 Å². The van der Waals surface area contributed by atoms with Crippen molar-refractivity contribution in [2.75, 3.05) is 0 Å². The minimum atomic E-state index is -0.458. The molecule has 5 aromatic carbocycles. The Hall–Kier alpha value is -4.74. The van der Waals surface area contributed by atoms with E-state index in [2.05, 4.69) is 94.8 Å². The largest absolute Gasteiger partial charge is 0.324 e. The summed E-state index contributed by atoms with van der Waals surface area (Å²) in [4.78, 5) is 10.4. The Morgan fingerprint density at radius 3 is 1.84 bits per heavy atom. The maximum atomic E-state index is 5.22. The highest BCUT2D eigenvalue weighted by atomic mass is 32.1. The Bertz CT molecular complexity index is 1990. The molecule has 0 saturated heterocycles. The van der Waals surface area contributed by atoms with E-state index in [1.807, 2.05) is 47.7 Å². The van der Waals surface area contributed by atoms with Crippen LogP contribution in [0.5, 0.6) is 0 Å².